The van der Waals surface area contributed by atoms with Gasteiger partial charge in [0.15, 0.2) is 0 Å². The van der Waals surface area contributed by atoms with Gasteiger partial charge in [-0.3, -0.25) is 0 Å². The fraction of sp³-hybridized carbons (Fsp3) is 0.900. The predicted octanol–water partition coefficient (Wildman–Crippen LogP) is 1.97. The minimum atomic E-state index is -0.263. The molecular formula is C10H20N2O. The zero-order valence-corrected chi connectivity index (χ0v) is 8.62. The van der Waals surface area contributed by atoms with E-state index in [1.165, 1.54) is 19.3 Å². The van der Waals surface area contributed by atoms with E-state index in [1.807, 2.05) is 11.8 Å². The van der Waals surface area contributed by atoms with Crippen LogP contribution in [-0.4, -0.2) is 23.5 Å². The number of hydrogen-bond donors (Lipinski definition) is 1. The highest BCUT2D eigenvalue weighted by Gasteiger charge is 2.27. The first kappa shape index (κ1) is 10.4. The van der Waals surface area contributed by atoms with E-state index in [1.54, 1.807) is 0 Å². The van der Waals surface area contributed by atoms with Crippen LogP contribution in [0, 0.1) is 5.92 Å². The monoisotopic (exact) mass is 184 g/mol. The molecule has 2 unspecified atom stereocenters. The summed E-state index contributed by atoms with van der Waals surface area (Å²) in [6.45, 7) is 4.95. The van der Waals surface area contributed by atoms with Crippen molar-refractivity contribution in [2.75, 3.05) is 6.54 Å². The second kappa shape index (κ2) is 4.49. The molecule has 0 saturated heterocycles. The first-order valence-electron chi connectivity index (χ1n) is 5.23. The predicted molar refractivity (Wildman–Crippen MR) is 53.4 cm³/mol. The lowest BCUT2D eigenvalue weighted by Crippen LogP contribution is -2.47. The first-order chi connectivity index (χ1) is 6.16. The number of carbonyl (C=O) groups excluding carboxylic acids is 1. The molecule has 76 valence electrons. The Kier molecular flexibility index (Phi) is 3.58. The fourth-order valence-corrected chi connectivity index (χ4v) is 2.31. The molecule has 3 nitrogen and oxygen atoms in total. The highest BCUT2D eigenvalue weighted by molar-refractivity contribution is 5.72. The second-order valence-electron chi connectivity index (χ2n) is 3.95. The van der Waals surface area contributed by atoms with E-state index in [0.717, 1.165) is 13.0 Å². The van der Waals surface area contributed by atoms with Gasteiger partial charge in [0.25, 0.3) is 0 Å². The smallest absolute Gasteiger partial charge is 0.315 e. The van der Waals surface area contributed by atoms with Crippen LogP contribution in [0.5, 0.6) is 0 Å². The molecule has 2 atom stereocenters. The van der Waals surface area contributed by atoms with Crippen molar-refractivity contribution >= 4 is 6.03 Å². The molecular weight excluding hydrogens is 164 g/mol. The summed E-state index contributed by atoms with van der Waals surface area (Å²) in [6.07, 6.45) is 4.89. The van der Waals surface area contributed by atoms with E-state index < -0.39 is 0 Å². The zero-order valence-electron chi connectivity index (χ0n) is 8.62. The Morgan fingerprint density at radius 3 is 2.54 bits per heavy atom. The highest BCUT2D eigenvalue weighted by atomic mass is 16.2. The van der Waals surface area contributed by atoms with Gasteiger partial charge < -0.3 is 10.6 Å². The Bertz CT molecular complexity index is 182. The van der Waals surface area contributed by atoms with E-state index >= 15 is 0 Å². The van der Waals surface area contributed by atoms with Gasteiger partial charge >= 0.3 is 6.03 Å². The molecule has 0 radical (unpaired) electrons. The van der Waals surface area contributed by atoms with Crippen LogP contribution in [0.2, 0.25) is 0 Å². The van der Waals surface area contributed by atoms with Crippen LogP contribution < -0.4 is 5.73 Å². The molecule has 0 aromatic carbocycles. The number of nitrogens with zero attached hydrogens (tertiary/aromatic N) is 1. The summed E-state index contributed by atoms with van der Waals surface area (Å²) in [5, 5.41) is 0. The van der Waals surface area contributed by atoms with Gasteiger partial charge in [-0.05, 0) is 25.7 Å². The molecule has 2 amide bonds. The Morgan fingerprint density at radius 1 is 1.46 bits per heavy atom. The van der Waals surface area contributed by atoms with Crippen LogP contribution in [0.25, 0.3) is 0 Å². The summed E-state index contributed by atoms with van der Waals surface area (Å²) in [6, 6.07) is 0.123. The standard InChI is InChI=1S/C10H20N2O/c1-3-12(10(11)13)9-7-5-4-6-8(9)2/h8-9H,3-7H2,1-2H3,(H2,11,13). The molecule has 1 fully saturated rings. The third-order valence-electron chi connectivity index (χ3n) is 3.09. The summed E-state index contributed by atoms with van der Waals surface area (Å²) >= 11 is 0. The van der Waals surface area contributed by atoms with Crippen molar-refractivity contribution < 1.29 is 4.79 Å². The number of urea groups is 1. The molecule has 1 saturated carbocycles. The number of nitrogens with two attached hydrogens (primary N) is 1. The first-order valence-corrected chi connectivity index (χ1v) is 5.23. The van der Waals surface area contributed by atoms with Crippen LogP contribution in [0.3, 0.4) is 0 Å². The SMILES string of the molecule is CCN(C(N)=O)C1CCCCC1C. The van der Waals surface area contributed by atoms with Crippen LogP contribution >= 0.6 is 0 Å². The summed E-state index contributed by atoms with van der Waals surface area (Å²) in [4.78, 5) is 12.9. The topological polar surface area (TPSA) is 46.3 Å². The quantitative estimate of drug-likeness (QED) is 0.700. The maximum Gasteiger partial charge on any atom is 0.315 e. The van der Waals surface area contributed by atoms with Gasteiger partial charge in [-0.1, -0.05) is 19.8 Å². The molecule has 2 N–H and O–H groups in total. The average Bonchev–Trinajstić information content (AvgIpc) is 2.09. The average molecular weight is 184 g/mol. The summed E-state index contributed by atoms with van der Waals surface area (Å²) in [5.74, 6) is 0.612. The van der Waals surface area contributed by atoms with Crippen molar-refractivity contribution in [1.29, 1.82) is 0 Å². The maximum atomic E-state index is 11.1. The van der Waals surface area contributed by atoms with Crippen molar-refractivity contribution in [1.82, 2.24) is 4.90 Å². The van der Waals surface area contributed by atoms with E-state index in [9.17, 15) is 4.79 Å². The van der Waals surface area contributed by atoms with Crippen LogP contribution in [0.1, 0.15) is 39.5 Å². The van der Waals surface area contributed by atoms with Crippen molar-refractivity contribution in [3.05, 3.63) is 0 Å². The Balaban J connectivity index is 2.60. The molecule has 1 aliphatic rings. The van der Waals surface area contributed by atoms with Crippen molar-refractivity contribution in [3.63, 3.8) is 0 Å². The lowest BCUT2D eigenvalue weighted by molar-refractivity contribution is 0.137. The molecule has 13 heavy (non-hydrogen) atoms. The lowest BCUT2D eigenvalue weighted by atomic mass is 9.85. The zero-order chi connectivity index (χ0) is 9.84. The molecule has 0 heterocycles. The van der Waals surface area contributed by atoms with Crippen LogP contribution in [-0.2, 0) is 0 Å². The minimum absolute atomic E-state index is 0.263. The van der Waals surface area contributed by atoms with E-state index in [2.05, 4.69) is 6.92 Å². The van der Waals surface area contributed by atoms with Gasteiger partial charge in [0.05, 0.1) is 0 Å². The van der Waals surface area contributed by atoms with Crippen molar-refractivity contribution in [2.45, 2.75) is 45.6 Å². The Labute approximate surface area is 80.3 Å². The fourth-order valence-electron chi connectivity index (χ4n) is 2.31. The van der Waals surface area contributed by atoms with E-state index in [4.69, 9.17) is 5.73 Å². The van der Waals surface area contributed by atoms with Gasteiger partial charge in [-0.2, -0.15) is 0 Å². The molecule has 3 heteroatoms. The van der Waals surface area contributed by atoms with E-state index in [0.29, 0.717) is 12.0 Å². The third-order valence-corrected chi connectivity index (χ3v) is 3.09. The molecule has 0 aromatic rings. The highest BCUT2D eigenvalue weighted by Crippen LogP contribution is 2.27. The normalized spacial score (nSPS) is 28.5. The minimum Gasteiger partial charge on any atom is -0.351 e. The molecule has 1 rings (SSSR count). The number of primary amides is 1. The summed E-state index contributed by atoms with van der Waals surface area (Å²) in [7, 11) is 0. The molecule has 0 aliphatic heterocycles. The molecule has 0 spiro atoms. The van der Waals surface area contributed by atoms with Gasteiger partial charge in [-0.15, -0.1) is 0 Å². The Hall–Kier alpha value is -0.730. The van der Waals surface area contributed by atoms with E-state index in [-0.39, 0.29) is 6.03 Å². The third kappa shape index (κ3) is 2.36. The lowest BCUT2D eigenvalue weighted by Gasteiger charge is -2.37. The van der Waals surface area contributed by atoms with Crippen molar-refractivity contribution in [2.24, 2.45) is 11.7 Å². The summed E-state index contributed by atoms with van der Waals surface area (Å²) in [5.41, 5.74) is 5.33. The van der Waals surface area contributed by atoms with Gasteiger partial charge in [0.1, 0.15) is 0 Å². The largest absolute Gasteiger partial charge is 0.351 e. The second-order valence-corrected chi connectivity index (χ2v) is 3.95. The number of hydrogen-bond acceptors (Lipinski definition) is 1. The molecule has 1 aliphatic carbocycles. The van der Waals surface area contributed by atoms with Crippen LogP contribution in [0.4, 0.5) is 4.79 Å². The maximum absolute atomic E-state index is 11.1. The van der Waals surface area contributed by atoms with Crippen LogP contribution in [0.15, 0.2) is 0 Å². The number of amides is 2. The van der Waals surface area contributed by atoms with Gasteiger partial charge in [0, 0.05) is 12.6 Å². The van der Waals surface area contributed by atoms with Gasteiger partial charge in [-0.25, -0.2) is 4.79 Å². The van der Waals surface area contributed by atoms with Crippen molar-refractivity contribution in [3.8, 4) is 0 Å². The summed E-state index contributed by atoms with van der Waals surface area (Å²) < 4.78 is 0. The molecule has 0 aromatic heterocycles. The number of rotatable bonds is 2. The Morgan fingerprint density at radius 2 is 2.08 bits per heavy atom. The number of carbonyl (C=O) groups is 1. The van der Waals surface area contributed by atoms with Gasteiger partial charge in [0.2, 0.25) is 0 Å². The molecule has 0 bridgehead atoms.